The highest BCUT2D eigenvalue weighted by molar-refractivity contribution is 5.33. The quantitative estimate of drug-likeness (QED) is 0.314. The van der Waals surface area contributed by atoms with E-state index in [2.05, 4.69) is 0 Å². The Morgan fingerprint density at radius 1 is 0.629 bits per heavy atom. The van der Waals surface area contributed by atoms with Crippen molar-refractivity contribution < 1.29 is 31.1 Å². The molecule has 0 bridgehead atoms. The van der Waals surface area contributed by atoms with E-state index in [0.717, 1.165) is 0 Å². The molecule has 4 rings (SSSR count). The highest BCUT2D eigenvalue weighted by atomic mass is 19.2. The van der Waals surface area contributed by atoms with Gasteiger partial charge in [-0.25, -0.2) is 22.0 Å². The number of benzene rings is 3. The van der Waals surface area contributed by atoms with Gasteiger partial charge in [-0.15, -0.1) is 0 Å². The summed E-state index contributed by atoms with van der Waals surface area (Å²) in [5.74, 6) is -6.80. The molecule has 0 unspecified atom stereocenters. The highest BCUT2D eigenvalue weighted by Gasteiger charge is 2.29. The second kappa shape index (κ2) is 10.3. The Morgan fingerprint density at radius 3 is 1.69 bits per heavy atom. The molecule has 1 nitrogen and oxygen atoms in total. The van der Waals surface area contributed by atoms with Gasteiger partial charge in [-0.3, -0.25) is 0 Å². The molecule has 1 aliphatic rings. The van der Waals surface area contributed by atoms with Crippen LogP contribution in [0.4, 0.5) is 26.3 Å². The molecule has 0 aliphatic heterocycles. The third-order valence-electron chi connectivity index (χ3n) is 7.00. The van der Waals surface area contributed by atoms with Crippen molar-refractivity contribution in [2.75, 3.05) is 0 Å². The Bertz CT molecular complexity index is 1230. The number of hydrogen-bond acceptors (Lipinski definition) is 1. The van der Waals surface area contributed by atoms with E-state index >= 15 is 0 Å². The zero-order chi connectivity index (χ0) is 25.3. The molecule has 1 saturated carbocycles. The van der Waals surface area contributed by atoms with E-state index < -0.39 is 41.5 Å². The zero-order valence-corrected chi connectivity index (χ0v) is 19.5. The van der Waals surface area contributed by atoms with Crippen LogP contribution in [0.1, 0.15) is 72.3 Å². The predicted molar refractivity (Wildman–Crippen MR) is 121 cm³/mol. The lowest BCUT2D eigenvalue weighted by atomic mass is 9.75. The molecule has 0 saturated heterocycles. The number of ether oxygens (including phenoxy) is 1. The Kier molecular flexibility index (Phi) is 7.43. The third kappa shape index (κ3) is 4.91. The van der Waals surface area contributed by atoms with E-state index in [1.54, 1.807) is 19.1 Å². The number of halogens is 6. The van der Waals surface area contributed by atoms with Gasteiger partial charge in [-0.1, -0.05) is 37.3 Å². The summed E-state index contributed by atoms with van der Waals surface area (Å²) >= 11 is 0. The van der Waals surface area contributed by atoms with Crippen LogP contribution in [0.3, 0.4) is 0 Å². The summed E-state index contributed by atoms with van der Waals surface area (Å²) in [5, 5.41) is 0. The van der Waals surface area contributed by atoms with Crippen LogP contribution in [0, 0.1) is 41.8 Å². The maximum Gasteiger partial charge on any atom is 0.200 e. The molecule has 1 fully saturated rings. The monoisotopic (exact) mass is 492 g/mol. The van der Waals surface area contributed by atoms with Gasteiger partial charge in [0.15, 0.2) is 34.8 Å². The van der Waals surface area contributed by atoms with E-state index in [9.17, 15) is 26.3 Å². The van der Waals surface area contributed by atoms with E-state index in [0.29, 0.717) is 43.2 Å². The Balaban J connectivity index is 1.44. The zero-order valence-electron chi connectivity index (χ0n) is 19.5. The maximum absolute atomic E-state index is 14.9. The average molecular weight is 493 g/mol. The first-order chi connectivity index (χ1) is 16.7. The van der Waals surface area contributed by atoms with Crippen LogP contribution < -0.4 is 4.74 Å². The van der Waals surface area contributed by atoms with Gasteiger partial charge in [0.25, 0.3) is 0 Å². The number of rotatable bonds is 6. The summed E-state index contributed by atoms with van der Waals surface area (Å²) in [4.78, 5) is 0. The van der Waals surface area contributed by atoms with Crippen molar-refractivity contribution in [2.45, 2.75) is 64.4 Å². The molecule has 0 amide bonds. The summed E-state index contributed by atoms with van der Waals surface area (Å²) in [6.45, 7) is 2.70. The molecular weight excluding hydrogens is 466 g/mol. The topological polar surface area (TPSA) is 9.23 Å². The Hall–Kier alpha value is -2.96. The molecule has 3 aromatic carbocycles. The smallest absolute Gasteiger partial charge is 0.200 e. The fraction of sp³-hybridized carbons (Fsp3) is 0.357. The van der Waals surface area contributed by atoms with Crippen LogP contribution in [-0.2, 0) is 13.0 Å². The van der Waals surface area contributed by atoms with E-state index in [4.69, 9.17) is 4.74 Å². The second-order valence-electron chi connectivity index (χ2n) is 9.08. The molecule has 186 valence electrons. The van der Waals surface area contributed by atoms with E-state index in [1.165, 1.54) is 31.2 Å². The van der Waals surface area contributed by atoms with Crippen LogP contribution in [0.25, 0.3) is 0 Å². The molecule has 0 atom stereocenters. The Labute approximate surface area is 200 Å². The molecule has 1 aliphatic carbocycles. The van der Waals surface area contributed by atoms with Crippen LogP contribution >= 0.6 is 0 Å². The lowest BCUT2D eigenvalue weighted by molar-refractivity contribution is 0.276. The van der Waals surface area contributed by atoms with Gasteiger partial charge in [0, 0.05) is 5.56 Å². The van der Waals surface area contributed by atoms with Crippen LogP contribution in [-0.4, -0.2) is 0 Å². The van der Waals surface area contributed by atoms with Crippen molar-refractivity contribution in [1.29, 1.82) is 0 Å². The standard InChI is InChI=1S/C28H26F6O/c1-3-16-9-11-20(26(32)24(16)30)17-5-7-18(8-6-17)21-12-10-19(25(31)27(21)33)14-35-22-13-4-15(2)23(29)28(22)34/h4,9-13,17-18H,3,5-8,14H2,1-2H3. The first kappa shape index (κ1) is 25.1. The molecule has 7 heteroatoms. The summed E-state index contributed by atoms with van der Waals surface area (Å²) < 4.78 is 91.3. The first-order valence-electron chi connectivity index (χ1n) is 11.7. The fourth-order valence-corrected chi connectivity index (χ4v) is 4.83. The van der Waals surface area contributed by atoms with Gasteiger partial charge >= 0.3 is 0 Å². The number of hydrogen-bond donors (Lipinski definition) is 0. The van der Waals surface area contributed by atoms with Gasteiger partial charge < -0.3 is 4.74 Å². The fourth-order valence-electron chi connectivity index (χ4n) is 4.83. The van der Waals surface area contributed by atoms with Crippen LogP contribution in [0.5, 0.6) is 5.75 Å². The third-order valence-corrected chi connectivity index (χ3v) is 7.00. The molecule has 0 aromatic heterocycles. The van der Waals surface area contributed by atoms with Crippen molar-refractivity contribution in [3.8, 4) is 5.75 Å². The van der Waals surface area contributed by atoms with Crippen molar-refractivity contribution in [3.63, 3.8) is 0 Å². The van der Waals surface area contributed by atoms with Gasteiger partial charge in [0.2, 0.25) is 5.82 Å². The van der Waals surface area contributed by atoms with Crippen LogP contribution in [0.15, 0.2) is 36.4 Å². The van der Waals surface area contributed by atoms with Gasteiger partial charge in [-0.2, -0.15) is 4.39 Å². The van der Waals surface area contributed by atoms with Crippen LogP contribution in [0.2, 0.25) is 0 Å². The summed E-state index contributed by atoms with van der Waals surface area (Å²) in [6, 6.07) is 8.65. The molecule has 0 radical (unpaired) electrons. The molecule has 0 N–H and O–H groups in total. The minimum absolute atomic E-state index is 0.108. The normalized spacial score (nSPS) is 18.1. The van der Waals surface area contributed by atoms with Gasteiger partial charge in [-0.05, 0) is 79.2 Å². The van der Waals surface area contributed by atoms with Crippen molar-refractivity contribution >= 4 is 0 Å². The van der Waals surface area contributed by atoms with E-state index in [1.807, 2.05) is 0 Å². The van der Waals surface area contributed by atoms with E-state index in [-0.39, 0.29) is 34.3 Å². The maximum atomic E-state index is 14.9. The molecule has 3 aromatic rings. The predicted octanol–water partition coefficient (Wildman–Crippen LogP) is 8.41. The largest absolute Gasteiger partial charge is 0.486 e. The molecule has 35 heavy (non-hydrogen) atoms. The lowest BCUT2D eigenvalue weighted by Gasteiger charge is -2.30. The second-order valence-corrected chi connectivity index (χ2v) is 9.08. The summed E-state index contributed by atoms with van der Waals surface area (Å²) in [7, 11) is 0. The molecular formula is C28H26F6O. The minimum atomic E-state index is -1.18. The van der Waals surface area contributed by atoms with Crippen molar-refractivity contribution in [2.24, 2.45) is 0 Å². The SMILES string of the molecule is CCc1ccc(C2CCC(c3ccc(COc4ccc(C)c(F)c4F)c(F)c3F)CC2)c(F)c1F. The van der Waals surface area contributed by atoms with Gasteiger partial charge in [0.05, 0.1) is 0 Å². The minimum Gasteiger partial charge on any atom is -0.486 e. The Morgan fingerprint density at radius 2 is 1.14 bits per heavy atom. The van der Waals surface area contributed by atoms with Gasteiger partial charge in [0.1, 0.15) is 6.61 Å². The first-order valence-corrected chi connectivity index (χ1v) is 11.7. The van der Waals surface area contributed by atoms with Crippen molar-refractivity contribution in [3.05, 3.63) is 99.1 Å². The lowest BCUT2D eigenvalue weighted by Crippen LogP contribution is -2.16. The summed E-state index contributed by atoms with van der Waals surface area (Å²) in [5.41, 5.74) is 0.866. The number of aryl methyl sites for hydroxylation is 2. The highest BCUT2D eigenvalue weighted by Crippen LogP contribution is 2.42. The van der Waals surface area contributed by atoms with Crippen molar-refractivity contribution in [1.82, 2.24) is 0 Å². The molecule has 0 spiro atoms. The summed E-state index contributed by atoms with van der Waals surface area (Å²) in [6.07, 6.45) is 2.45. The average Bonchev–Trinajstić information content (AvgIpc) is 2.86. The molecule has 0 heterocycles.